The molecule has 1 fully saturated rings. The molecular formula is C15H23BrN2O2. The van der Waals surface area contributed by atoms with Crippen molar-refractivity contribution in [2.75, 3.05) is 26.8 Å². The van der Waals surface area contributed by atoms with Crippen LogP contribution in [-0.2, 0) is 4.74 Å². The second kappa shape index (κ2) is 6.89. The van der Waals surface area contributed by atoms with E-state index in [0.29, 0.717) is 12.6 Å². The predicted molar refractivity (Wildman–Crippen MR) is 84.1 cm³/mol. The molecule has 1 aliphatic rings. The van der Waals surface area contributed by atoms with E-state index in [1.54, 1.807) is 7.11 Å². The topological polar surface area (TPSA) is 47.7 Å². The number of hydrogen-bond acceptors (Lipinski definition) is 4. The van der Waals surface area contributed by atoms with Crippen molar-refractivity contribution in [2.24, 2.45) is 5.73 Å². The molecule has 3 atom stereocenters. The minimum Gasteiger partial charge on any atom is -0.496 e. The van der Waals surface area contributed by atoms with E-state index in [1.165, 1.54) is 0 Å². The molecule has 2 N–H and O–H groups in total. The first-order valence-electron chi connectivity index (χ1n) is 6.97. The molecule has 3 unspecified atom stereocenters. The Morgan fingerprint density at radius 1 is 1.50 bits per heavy atom. The molecule has 0 amide bonds. The van der Waals surface area contributed by atoms with Crippen molar-refractivity contribution in [3.05, 3.63) is 28.2 Å². The maximum absolute atomic E-state index is 6.06. The Morgan fingerprint density at radius 2 is 2.25 bits per heavy atom. The quantitative estimate of drug-likeness (QED) is 0.913. The lowest BCUT2D eigenvalue weighted by atomic mass is 10.0. The Morgan fingerprint density at radius 3 is 2.90 bits per heavy atom. The van der Waals surface area contributed by atoms with Gasteiger partial charge in [0.1, 0.15) is 5.75 Å². The van der Waals surface area contributed by atoms with Gasteiger partial charge in [0.05, 0.1) is 25.9 Å². The Balaban J connectivity index is 2.33. The van der Waals surface area contributed by atoms with Gasteiger partial charge >= 0.3 is 0 Å². The summed E-state index contributed by atoms with van der Waals surface area (Å²) in [5.74, 6) is 0.884. The van der Waals surface area contributed by atoms with Crippen LogP contribution in [0.3, 0.4) is 0 Å². The zero-order chi connectivity index (χ0) is 14.7. The van der Waals surface area contributed by atoms with Gasteiger partial charge in [-0.15, -0.1) is 0 Å². The highest BCUT2D eigenvalue weighted by atomic mass is 79.9. The molecule has 2 rings (SSSR count). The molecular weight excluding hydrogens is 320 g/mol. The van der Waals surface area contributed by atoms with E-state index in [4.69, 9.17) is 15.2 Å². The highest BCUT2D eigenvalue weighted by molar-refractivity contribution is 9.10. The highest BCUT2D eigenvalue weighted by Gasteiger charge is 2.31. The average Bonchev–Trinajstić information content (AvgIpc) is 2.44. The number of benzene rings is 1. The van der Waals surface area contributed by atoms with Crippen LogP contribution < -0.4 is 10.5 Å². The molecule has 4 nitrogen and oxygen atoms in total. The molecule has 20 heavy (non-hydrogen) atoms. The average molecular weight is 343 g/mol. The van der Waals surface area contributed by atoms with E-state index in [2.05, 4.69) is 40.7 Å². The summed E-state index contributed by atoms with van der Waals surface area (Å²) >= 11 is 3.53. The van der Waals surface area contributed by atoms with Crippen LogP contribution in [0.1, 0.15) is 25.5 Å². The van der Waals surface area contributed by atoms with Crippen LogP contribution in [0.25, 0.3) is 0 Å². The number of morpholine rings is 1. The fraction of sp³-hybridized carbons (Fsp3) is 0.600. The first kappa shape index (κ1) is 15.8. The van der Waals surface area contributed by atoms with E-state index < -0.39 is 0 Å². The number of halogens is 1. The number of nitrogens with zero attached hydrogens (tertiary/aromatic N) is 1. The third-order valence-corrected chi connectivity index (χ3v) is 4.32. The molecule has 5 heteroatoms. The van der Waals surface area contributed by atoms with Crippen LogP contribution in [0.15, 0.2) is 22.7 Å². The van der Waals surface area contributed by atoms with Gasteiger partial charge < -0.3 is 15.2 Å². The number of ether oxygens (including phenoxy) is 2. The third kappa shape index (κ3) is 3.34. The Labute approximate surface area is 129 Å². The summed E-state index contributed by atoms with van der Waals surface area (Å²) in [5.41, 5.74) is 7.19. The van der Waals surface area contributed by atoms with Crippen LogP contribution in [-0.4, -0.2) is 43.9 Å². The maximum Gasteiger partial charge on any atom is 0.123 e. The van der Waals surface area contributed by atoms with E-state index in [-0.39, 0.29) is 12.1 Å². The van der Waals surface area contributed by atoms with Gasteiger partial charge in [0.2, 0.25) is 0 Å². The zero-order valence-electron chi connectivity index (χ0n) is 12.3. The maximum atomic E-state index is 6.06. The lowest BCUT2D eigenvalue weighted by molar-refractivity contribution is -0.0656. The predicted octanol–water partition coefficient (Wildman–Crippen LogP) is 2.57. The van der Waals surface area contributed by atoms with Gasteiger partial charge in [-0.2, -0.15) is 0 Å². The molecule has 0 aliphatic carbocycles. The first-order chi connectivity index (χ1) is 9.56. The molecule has 0 saturated carbocycles. The zero-order valence-corrected chi connectivity index (χ0v) is 13.9. The number of nitrogens with two attached hydrogens (primary N) is 1. The monoisotopic (exact) mass is 342 g/mol. The van der Waals surface area contributed by atoms with E-state index in [1.807, 2.05) is 12.1 Å². The van der Waals surface area contributed by atoms with Gasteiger partial charge in [-0.25, -0.2) is 0 Å². The third-order valence-electron chi connectivity index (χ3n) is 3.83. The normalized spacial score (nSPS) is 25.4. The summed E-state index contributed by atoms with van der Waals surface area (Å²) in [7, 11) is 1.70. The van der Waals surface area contributed by atoms with Crippen LogP contribution in [0.5, 0.6) is 5.75 Å². The van der Waals surface area contributed by atoms with Crippen molar-refractivity contribution in [3.63, 3.8) is 0 Å². The Hall–Kier alpha value is -0.620. The number of methoxy groups -OCH3 is 1. The van der Waals surface area contributed by atoms with Crippen molar-refractivity contribution >= 4 is 15.9 Å². The molecule has 112 valence electrons. The summed E-state index contributed by atoms with van der Waals surface area (Å²) in [4.78, 5) is 2.42. The molecule has 1 heterocycles. The van der Waals surface area contributed by atoms with E-state index >= 15 is 0 Å². The summed E-state index contributed by atoms with van der Waals surface area (Å²) in [6, 6.07) is 6.56. The molecule has 1 saturated heterocycles. The van der Waals surface area contributed by atoms with Crippen molar-refractivity contribution < 1.29 is 9.47 Å². The second-order valence-electron chi connectivity index (χ2n) is 5.33. The van der Waals surface area contributed by atoms with E-state index in [9.17, 15) is 0 Å². The summed E-state index contributed by atoms with van der Waals surface area (Å²) < 4.78 is 12.3. The molecule has 1 aliphatic heterocycles. The lowest BCUT2D eigenvalue weighted by Crippen LogP contribution is -2.50. The largest absolute Gasteiger partial charge is 0.496 e. The Bertz CT molecular complexity index is 455. The van der Waals surface area contributed by atoms with Gasteiger partial charge in [0, 0.05) is 29.2 Å². The van der Waals surface area contributed by atoms with Crippen LogP contribution in [0, 0.1) is 0 Å². The van der Waals surface area contributed by atoms with Gasteiger partial charge in [0.25, 0.3) is 0 Å². The van der Waals surface area contributed by atoms with Crippen molar-refractivity contribution in [1.29, 1.82) is 0 Å². The SMILES string of the molecule is COc1ccc(Br)cc1C(CN)N1CC(C)OCC1C. The van der Waals surface area contributed by atoms with E-state index in [0.717, 1.165) is 28.9 Å². The minimum atomic E-state index is 0.142. The van der Waals surface area contributed by atoms with Gasteiger partial charge in [-0.1, -0.05) is 15.9 Å². The van der Waals surface area contributed by atoms with Crippen molar-refractivity contribution in [3.8, 4) is 5.75 Å². The van der Waals surface area contributed by atoms with Crippen LogP contribution in [0.2, 0.25) is 0 Å². The summed E-state index contributed by atoms with van der Waals surface area (Å²) in [5, 5.41) is 0. The van der Waals surface area contributed by atoms with Gasteiger partial charge in [-0.3, -0.25) is 4.90 Å². The molecule has 1 aromatic rings. The van der Waals surface area contributed by atoms with Gasteiger partial charge in [0.15, 0.2) is 0 Å². The fourth-order valence-electron chi connectivity index (χ4n) is 2.77. The van der Waals surface area contributed by atoms with Crippen molar-refractivity contribution in [1.82, 2.24) is 4.90 Å². The Kier molecular flexibility index (Phi) is 5.43. The summed E-state index contributed by atoms with van der Waals surface area (Å²) in [6.45, 7) is 6.47. The molecule has 1 aromatic carbocycles. The molecule has 0 radical (unpaired) electrons. The molecule has 0 aromatic heterocycles. The standard InChI is InChI=1S/C15H23BrN2O2/c1-10-9-20-11(2)8-18(10)14(7-17)13-6-12(16)4-5-15(13)19-3/h4-6,10-11,14H,7-9,17H2,1-3H3. The first-order valence-corrected chi connectivity index (χ1v) is 7.77. The van der Waals surface area contributed by atoms with Crippen molar-refractivity contribution in [2.45, 2.75) is 32.0 Å². The fourth-order valence-corrected chi connectivity index (χ4v) is 3.15. The molecule has 0 bridgehead atoms. The minimum absolute atomic E-state index is 0.142. The second-order valence-corrected chi connectivity index (χ2v) is 6.24. The molecule has 0 spiro atoms. The van der Waals surface area contributed by atoms with Gasteiger partial charge in [-0.05, 0) is 32.0 Å². The van der Waals surface area contributed by atoms with Crippen LogP contribution in [0.4, 0.5) is 0 Å². The summed E-state index contributed by atoms with van der Waals surface area (Å²) in [6.07, 6.45) is 0.235. The smallest absolute Gasteiger partial charge is 0.123 e. The van der Waals surface area contributed by atoms with Crippen LogP contribution >= 0.6 is 15.9 Å². The number of hydrogen-bond donors (Lipinski definition) is 1. The lowest BCUT2D eigenvalue weighted by Gasteiger charge is -2.42. The number of rotatable bonds is 4. The highest BCUT2D eigenvalue weighted by Crippen LogP contribution is 2.33.